The van der Waals surface area contributed by atoms with Crippen LogP contribution in [0.5, 0.6) is 0 Å². The summed E-state index contributed by atoms with van der Waals surface area (Å²) in [5.41, 5.74) is 0. The molecule has 78 heavy (non-hydrogen) atoms. The first kappa shape index (κ1) is 74.3. The summed E-state index contributed by atoms with van der Waals surface area (Å²) in [6.45, 7) is 6.48. The Morgan fingerprint density at radius 3 is 0.833 bits per heavy atom. The van der Waals surface area contributed by atoms with Gasteiger partial charge in [0.1, 0.15) is 13.2 Å². The second kappa shape index (κ2) is 65.8. The summed E-state index contributed by atoms with van der Waals surface area (Å²) in [6, 6.07) is 0. The molecule has 0 spiro atoms. The van der Waals surface area contributed by atoms with Crippen LogP contribution < -0.4 is 0 Å². The Balaban J connectivity index is 4.29. The van der Waals surface area contributed by atoms with Gasteiger partial charge in [-0.1, -0.05) is 311 Å². The van der Waals surface area contributed by atoms with E-state index in [-0.39, 0.29) is 37.5 Å². The van der Waals surface area contributed by atoms with Crippen molar-refractivity contribution in [2.75, 3.05) is 13.2 Å². The van der Waals surface area contributed by atoms with Gasteiger partial charge in [-0.05, 0) is 89.9 Å². The Hall–Kier alpha value is -3.67. The predicted molar refractivity (Wildman–Crippen MR) is 339 cm³/mol. The van der Waals surface area contributed by atoms with Gasteiger partial charge >= 0.3 is 17.9 Å². The first-order valence-electron chi connectivity index (χ1n) is 33.2. The molecule has 1 unspecified atom stereocenters. The third-order valence-electron chi connectivity index (χ3n) is 14.3. The highest BCUT2D eigenvalue weighted by molar-refractivity contribution is 5.71. The summed E-state index contributed by atoms with van der Waals surface area (Å²) in [7, 11) is 0. The topological polar surface area (TPSA) is 78.9 Å². The number of unbranched alkanes of at least 4 members (excludes halogenated alkanes) is 33. The third-order valence-corrected chi connectivity index (χ3v) is 14.3. The number of carbonyl (C=O) groups is 3. The van der Waals surface area contributed by atoms with Gasteiger partial charge in [0.05, 0.1) is 0 Å². The van der Waals surface area contributed by atoms with Crippen LogP contribution >= 0.6 is 0 Å². The van der Waals surface area contributed by atoms with E-state index in [0.29, 0.717) is 19.3 Å². The maximum atomic E-state index is 12.9. The largest absolute Gasteiger partial charge is 0.462 e. The molecule has 0 saturated carbocycles. The molecule has 0 rings (SSSR count). The lowest BCUT2D eigenvalue weighted by molar-refractivity contribution is -0.166. The van der Waals surface area contributed by atoms with Gasteiger partial charge < -0.3 is 14.2 Å². The van der Waals surface area contributed by atoms with Crippen LogP contribution in [0.3, 0.4) is 0 Å². The molecule has 6 heteroatoms. The number of carbonyl (C=O) groups excluding carboxylic acids is 3. The van der Waals surface area contributed by atoms with Crippen molar-refractivity contribution in [3.05, 3.63) is 97.2 Å². The number of ether oxygens (including phenoxy) is 3. The van der Waals surface area contributed by atoms with E-state index in [9.17, 15) is 14.4 Å². The molecule has 0 bridgehead atoms. The van der Waals surface area contributed by atoms with Crippen LogP contribution in [0, 0.1) is 0 Å². The number of allylic oxidation sites excluding steroid dienone is 16. The van der Waals surface area contributed by atoms with E-state index >= 15 is 0 Å². The highest BCUT2D eigenvalue weighted by Gasteiger charge is 2.19. The molecule has 0 radical (unpaired) electrons. The summed E-state index contributed by atoms with van der Waals surface area (Å²) < 4.78 is 16.8. The standard InChI is InChI=1S/C72H124O6/c1-4-7-10-13-16-19-22-25-27-29-31-32-33-34-35-36-37-38-39-40-42-43-45-47-50-53-56-59-62-65-71(74)77-68-69(67-76-70(73)64-61-58-55-52-49-24-21-18-15-12-9-6-3)78-72(75)66-63-60-57-54-51-48-46-44-41-30-28-26-23-20-17-14-11-8-5-2/h8,11,17,20,22,25-26,28-29,31,41,44,48,51,57,60,69H,4-7,9-10,12-16,18-19,21,23-24,27,30,32-40,42-43,45-47,49-50,52-56,58-59,61-68H2,1-3H3/b11-8-,20-17-,25-22-,28-26-,31-29-,44-41-,51-48-,60-57-. The van der Waals surface area contributed by atoms with E-state index in [2.05, 4.69) is 112 Å². The fraction of sp³-hybridized carbons (Fsp3) is 0.736. The Morgan fingerprint density at radius 2 is 0.526 bits per heavy atom. The van der Waals surface area contributed by atoms with Crippen molar-refractivity contribution in [1.82, 2.24) is 0 Å². The Labute approximate surface area is 483 Å². The molecule has 0 aromatic heterocycles. The highest BCUT2D eigenvalue weighted by Crippen LogP contribution is 2.17. The van der Waals surface area contributed by atoms with E-state index < -0.39 is 6.10 Å². The third kappa shape index (κ3) is 63.2. The highest BCUT2D eigenvalue weighted by atomic mass is 16.6. The van der Waals surface area contributed by atoms with Crippen LogP contribution in [-0.4, -0.2) is 37.2 Å². The quantitative estimate of drug-likeness (QED) is 0.0261. The van der Waals surface area contributed by atoms with Crippen LogP contribution in [0.1, 0.15) is 323 Å². The fourth-order valence-electron chi connectivity index (χ4n) is 9.38. The van der Waals surface area contributed by atoms with Crippen molar-refractivity contribution >= 4 is 17.9 Å². The molecule has 0 aliphatic heterocycles. The molecular formula is C72H124O6. The normalized spacial score (nSPS) is 12.7. The maximum Gasteiger partial charge on any atom is 0.306 e. The molecule has 1 atom stereocenters. The van der Waals surface area contributed by atoms with Crippen molar-refractivity contribution in [3.8, 4) is 0 Å². The lowest BCUT2D eigenvalue weighted by atomic mass is 10.0. The van der Waals surface area contributed by atoms with Gasteiger partial charge in [-0.3, -0.25) is 14.4 Å². The zero-order chi connectivity index (χ0) is 56.4. The second-order valence-electron chi connectivity index (χ2n) is 22.0. The van der Waals surface area contributed by atoms with Gasteiger partial charge in [0.2, 0.25) is 0 Å². The molecule has 448 valence electrons. The van der Waals surface area contributed by atoms with Gasteiger partial charge in [-0.15, -0.1) is 0 Å². The van der Waals surface area contributed by atoms with E-state index in [1.807, 2.05) is 6.08 Å². The number of hydrogen-bond acceptors (Lipinski definition) is 6. The smallest absolute Gasteiger partial charge is 0.306 e. The average molecular weight is 1090 g/mol. The van der Waals surface area contributed by atoms with Crippen LogP contribution in [0.15, 0.2) is 97.2 Å². The first-order chi connectivity index (χ1) is 38.5. The Morgan fingerprint density at radius 1 is 0.269 bits per heavy atom. The number of esters is 3. The molecule has 0 amide bonds. The minimum atomic E-state index is -0.817. The van der Waals surface area contributed by atoms with Gasteiger partial charge in [0, 0.05) is 19.3 Å². The zero-order valence-corrected chi connectivity index (χ0v) is 51.4. The zero-order valence-electron chi connectivity index (χ0n) is 51.4. The average Bonchev–Trinajstić information content (AvgIpc) is 3.44. The molecule has 0 fully saturated rings. The van der Waals surface area contributed by atoms with Gasteiger partial charge in [0.25, 0.3) is 0 Å². The summed E-state index contributed by atoms with van der Waals surface area (Å²) in [6.07, 6.45) is 88.7. The van der Waals surface area contributed by atoms with E-state index in [1.165, 1.54) is 193 Å². The van der Waals surface area contributed by atoms with Crippen LogP contribution in [0.2, 0.25) is 0 Å². The van der Waals surface area contributed by atoms with Crippen LogP contribution in [0.4, 0.5) is 0 Å². The molecule has 0 saturated heterocycles. The molecule has 0 aromatic carbocycles. The van der Waals surface area contributed by atoms with E-state index in [1.54, 1.807) is 0 Å². The fourth-order valence-corrected chi connectivity index (χ4v) is 9.38. The number of rotatable bonds is 60. The van der Waals surface area contributed by atoms with Crippen molar-refractivity contribution in [2.45, 2.75) is 329 Å². The SMILES string of the molecule is CC/C=C\C/C=C\C/C=C\C/C=C\C/C=C\C/C=C\CCC(=O)OC(COC(=O)CCCCCCCCCCCCCC)COC(=O)CCCCCCCCCCCCCCCCCCC/C=C\C/C=C\CCCCCCC. The Bertz CT molecular complexity index is 1530. The monoisotopic (exact) mass is 1080 g/mol. The first-order valence-corrected chi connectivity index (χ1v) is 33.2. The van der Waals surface area contributed by atoms with E-state index in [0.717, 1.165) is 83.5 Å². The molecule has 0 aliphatic rings. The lowest BCUT2D eigenvalue weighted by Gasteiger charge is -2.18. The number of hydrogen-bond donors (Lipinski definition) is 0. The Kier molecular flexibility index (Phi) is 62.7. The molecule has 0 aliphatic carbocycles. The van der Waals surface area contributed by atoms with Gasteiger partial charge in [0.15, 0.2) is 6.10 Å². The summed E-state index contributed by atoms with van der Waals surface area (Å²) in [5.74, 6) is -0.977. The van der Waals surface area contributed by atoms with Crippen LogP contribution in [-0.2, 0) is 28.6 Å². The summed E-state index contributed by atoms with van der Waals surface area (Å²) in [5, 5.41) is 0. The minimum Gasteiger partial charge on any atom is -0.462 e. The van der Waals surface area contributed by atoms with Crippen molar-refractivity contribution in [1.29, 1.82) is 0 Å². The van der Waals surface area contributed by atoms with Crippen molar-refractivity contribution in [2.24, 2.45) is 0 Å². The molecule has 0 N–H and O–H groups in total. The van der Waals surface area contributed by atoms with Crippen molar-refractivity contribution in [3.63, 3.8) is 0 Å². The molecule has 0 aromatic rings. The van der Waals surface area contributed by atoms with Crippen LogP contribution in [0.25, 0.3) is 0 Å². The minimum absolute atomic E-state index is 0.104. The molecular weight excluding hydrogens is 961 g/mol. The second-order valence-corrected chi connectivity index (χ2v) is 22.0. The predicted octanol–water partition coefficient (Wildman–Crippen LogP) is 22.8. The summed E-state index contributed by atoms with van der Waals surface area (Å²) >= 11 is 0. The maximum absolute atomic E-state index is 12.9. The van der Waals surface area contributed by atoms with Crippen molar-refractivity contribution < 1.29 is 28.6 Å². The lowest BCUT2D eigenvalue weighted by Crippen LogP contribution is -2.30. The van der Waals surface area contributed by atoms with Gasteiger partial charge in [-0.2, -0.15) is 0 Å². The van der Waals surface area contributed by atoms with E-state index in [4.69, 9.17) is 14.2 Å². The molecule has 0 heterocycles. The molecule has 6 nitrogen and oxygen atoms in total. The van der Waals surface area contributed by atoms with Gasteiger partial charge in [-0.25, -0.2) is 0 Å². The summed E-state index contributed by atoms with van der Waals surface area (Å²) in [4.78, 5) is 38.2.